The highest BCUT2D eigenvalue weighted by Gasteiger charge is 2.95. The van der Waals surface area contributed by atoms with Gasteiger partial charge in [-0.25, -0.2) is 14.0 Å². The molecule has 2 aromatic rings. The highest BCUT2D eigenvalue weighted by molar-refractivity contribution is 5.91. The van der Waals surface area contributed by atoms with Crippen molar-refractivity contribution in [1.29, 1.82) is 0 Å². The van der Waals surface area contributed by atoms with E-state index in [-0.39, 0.29) is 48.5 Å². The molecule has 7 nitrogen and oxygen atoms in total. The Morgan fingerprint density at radius 2 is 1.06 bits per heavy atom. The van der Waals surface area contributed by atoms with Gasteiger partial charge in [0.15, 0.2) is 0 Å². The Morgan fingerprint density at radius 1 is 0.569 bits per heavy atom. The van der Waals surface area contributed by atoms with Crippen LogP contribution in [-0.4, -0.2) is 77.9 Å². The molecule has 2 rings (SSSR count). The third kappa shape index (κ3) is 9.10. The first kappa shape index (κ1) is 42.8. The quantitative estimate of drug-likeness (QED) is 0.0744. The number of hydrogen-bond acceptors (Lipinski definition) is 6. The van der Waals surface area contributed by atoms with Gasteiger partial charge in [0.2, 0.25) is 0 Å². The minimum absolute atomic E-state index is 0.0117. The van der Waals surface area contributed by atoms with Crippen molar-refractivity contribution >= 4 is 17.9 Å². The van der Waals surface area contributed by atoms with Crippen molar-refractivity contribution in [3.63, 3.8) is 0 Å². The number of hydrogen-bond donors (Lipinski definition) is 1. The molecule has 0 saturated heterocycles. The van der Waals surface area contributed by atoms with Crippen molar-refractivity contribution in [2.24, 2.45) is 0 Å². The fourth-order valence-electron chi connectivity index (χ4n) is 3.94. The van der Waals surface area contributed by atoms with Gasteiger partial charge in [0.25, 0.3) is 0 Å². The van der Waals surface area contributed by atoms with E-state index in [2.05, 4.69) is 4.74 Å². The average Bonchev–Trinajstić information content (AvgIpc) is 3.01. The first-order chi connectivity index (χ1) is 23.1. The second-order valence-electron chi connectivity index (χ2n) is 10.5. The summed E-state index contributed by atoms with van der Waals surface area (Å²) in [4.78, 5) is 34.8. The summed E-state index contributed by atoms with van der Waals surface area (Å²) in [6, 6.07) is 10.4. The molecule has 0 heterocycles. The van der Waals surface area contributed by atoms with Crippen LogP contribution in [0.5, 0.6) is 11.5 Å². The van der Waals surface area contributed by atoms with Gasteiger partial charge in [-0.3, -0.25) is 4.79 Å². The Bertz CT molecular complexity index is 1490. The van der Waals surface area contributed by atoms with Crippen LogP contribution in [0.2, 0.25) is 0 Å². The molecule has 0 fully saturated rings. The van der Waals surface area contributed by atoms with Crippen LogP contribution in [-0.2, 0) is 9.53 Å². The summed E-state index contributed by atoms with van der Waals surface area (Å²) < 4.78 is 214. The third-order valence-electron chi connectivity index (χ3n) is 6.84. The summed E-state index contributed by atoms with van der Waals surface area (Å²) in [5.74, 6) is -34.1. The molecule has 0 atom stereocenters. The fourth-order valence-corrected chi connectivity index (χ4v) is 3.94. The fraction of sp³-hybridized carbons (Fsp3) is 0.483. The lowest BCUT2D eigenvalue weighted by atomic mass is 9.85. The van der Waals surface area contributed by atoms with Crippen LogP contribution in [0, 0.1) is 0 Å². The highest BCUT2D eigenvalue weighted by atomic mass is 19.4. The average molecular weight is 768 g/mol. The van der Waals surface area contributed by atoms with Crippen LogP contribution in [0.3, 0.4) is 0 Å². The summed E-state index contributed by atoms with van der Waals surface area (Å²) in [5, 5.41) is 8.88. The summed E-state index contributed by atoms with van der Waals surface area (Å²) in [6.07, 6.45) is -19.1. The molecule has 0 spiro atoms. The molecular formula is C29H23F15O7. The predicted molar refractivity (Wildman–Crippen MR) is 140 cm³/mol. The van der Waals surface area contributed by atoms with E-state index in [0.717, 1.165) is 0 Å². The van der Waals surface area contributed by atoms with Crippen molar-refractivity contribution < 1.29 is 99.6 Å². The number of rotatable bonds is 17. The van der Waals surface area contributed by atoms with Crippen LogP contribution < -0.4 is 9.47 Å². The van der Waals surface area contributed by atoms with Crippen LogP contribution in [0.1, 0.15) is 52.8 Å². The number of ether oxygens (including phenoxy) is 3. The van der Waals surface area contributed by atoms with Crippen molar-refractivity contribution in [1.82, 2.24) is 0 Å². The Morgan fingerprint density at radius 3 is 1.55 bits per heavy atom. The molecular weight excluding hydrogens is 745 g/mol. The van der Waals surface area contributed by atoms with Crippen molar-refractivity contribution in [3.8, 4) is 11.5 Å². The Kier molecular flexibility index (Phi) is 13.0. The minimum atomic E-state index is -8.51. The summed E-state index contributed by atoms with van der Waals surface area (Å²) >= 11 is 0. The zero-order chi connectivity index (χ0) is 39.3. The molecule has 22 heteroatoms. The zero-order valence-electron chi connectivity index (χ0n) is 25.1. The summed E-state index contributed by atoms with van der Waals surface area (Å²) in [6.45, 7) is -1.93. The second kappa shape index (κ2) is 15.5. The SMILES string of the molecule is O=C(CCCCCOc1ccc(C(=O)Oc2ccc(C(=O)O)cc2)cc1)OCCC(F)(F)C(F)(F)C(F)(F)C(F)(F)C(F)(C(F)(F)F)C(F)(F)F. The van der Waals surface area contributed by atoms with Gasteiger partial charge in [-0.05, 0) is 67.8 Å². The number of esters is 2. The summed E-state index contributed by atoms with van der Waals surface area (Å²) in [5.41, 5.74) is -8.31. The number of carbonyl (C=O) groups excluding carboxylic acids is 2. The molecule has 0 aliphatic carbocycles. The first-order valence-corrected chi connectivity index (χ1v) is 13.9. The molecule has 0 unspecified atom stereocenters. The van der Waals surface area contributed by atoms with Gasteiger partial charge in [-0.2, -0.15) is 61.5 Å². The summed E-state index contributed by atoms with van der Waals surface area (Å²) in [7, 11) is 0. The molecule has 286 valence electrons. The second-order valence-corrected chi connectivity index (χ2v) is 10.5. The van der Waals surface area contributed by atoms with E-state index in [9.17, 15) is 80.2 Å². The Balaban J connectivity index is 1.81. The molecule has 0 aliphatic rings. The number of halogens is 15. The number of alkyl halides is 15. The number of carboxylic acid groups (broad SMARTS) is 1. The monoisotopic (exact) mass is 768 g/mol. The topological polar surface area (TPSA) is 99.1 Å². The lowest BCUT2D eigenvalue weighted by molar-refractivity contribution is -0.457. The Hall–Kier alpha value is -4.40. The minimum Gasteiger partial charge on any atom is -0.494 e. The maximum absolute atomic E-state index is 13.9. The van der Waals surface area contributed by atoms with Gasteiger partial charge in [0.05, 0.1) is 30.8 Å². The maximum Gasteiger partial charge on any atom is 0.438 e. The third-order valence-corrected chi connectivity index (χ3v) is 6.84. The lowest BCUT2D eigenvalue weighted by Gasteiger charge is -2.43. The van der Waals surface area contributed by atoms with E-state index >= 15 is 0 Å². The molecule has 0 saturated carbocycles. The van der Waals surface area contributed by atoms with Gasteiger partial charge >= 0.3 is 59.6 Å². The number of benzene rings is 2. The molecule has 51 heavy (non-hydrogen) atoms. The maximum atomic E-state index is 13.9. The van der Waals surface area contributed by atoms with Crippen LogP contribution in [0.25, 0.3) is 0 Å². The predicted octanol–water partition coefficient (Wildman–Crippen LogP) is 8.85. The van der Waals surface area contributed by atoms with Gasteiger partial charge in [-0.15, -0.1) is 0 Å². The van der Waals surface area contributed by atoms with Crippen LogP contribution in [0.4, 0.5) is 65.9 Å². The van der Waals surface area contributed by atoms with E-state index in [4.69, 9.17) is 14.6 Å². The number of carboxylic acids is 1. The molecule has 0 aromatic heterocycles. The van der Waals surface area contributed by atoms with E-state index in [1.807, 2.05) is 0 Å². The number of unbranched alkanes of at least 4 members (excludes halogenated alkanes) is 2. The molecule has 0 radical (unpaired) electrons. The van der Waals surface area contributed by atoms with Gasteiger partial charge in [-0.1, -0.05) is 0 Å². The van der Waals surface area contributed by atoms with Gasteiger partial charge in [0, 0.05) is 6.42 Å². The first-order valence-electron chi connectivity index (χ1n) is 13.9. The van der Waals surface area contributed by atoms with E-state index in [1.165, 1.54) is 48.5 Å². The zero-order valence-corrected chi connectivity index (χ0v) is 25.1. The van der Waals surface area contributed by atoms with E-state index in [1.54, 1.807) is 0 Å². The van der Waals surface area contributed by atoms with Crippen LogP contribution in [0.15, 0.2) is 48.5 Å². The molecule has 0 bridgehead atoms. The van der Waals surface area contributed by atoms with E-state index < -0.39 is 79.1 Å². The highest BCUT2D eigenvalue weighted by Crippen LogP contribution is 2.64. The lowest BCUT2D eigenvalue weighted by Crippen LogP contribution is -2.75. The smallest absolute Gasteiger partial charge is 0.438 e. The normalized spacial score (nSPS) is 13.5. The van der Waals surface area contributed by atoms with Crippen molar-refractivity contribution in [3.05, 3.63) is 59.7 Å². The standard InChI is InChI=1S/C29H23F15O7/c30-23(31,25(33,34)27(37,38)26(35,36)24(32,28(39,40)41)29(42,43)44)13-15-50-20(45)4-2-1-3-14-49-18-9-7-17(8-10-18)22(48)51-19-11-5-16(6-12-19)21(46)47/h5-12H,1-4,13-15H2,(H,46,47). The molecule has 1 N–H and O–H groups in total. The molecule has 0 amide bonds. The van der Waals surface area contributed by atoms with Crippen LogP contribution >= 0.6 is 0 Å². The van der Waals surface area contributed by atoms with Crippen molar-refractivity contribution in [2.45, 2.75) is 73.8 Å². The molecule has 0 aliphatic heterocycles. The number of carbonyl (C=O) groups is 3. The van der Waals surface area contributed by atoms with Crippen molar-refractivity contribution in [2.75, 3.05) is 13.2 Å². The Labute approximate surface area is 276 Å². The molecule has 2 aromatic carbocycles. The van der Waals surface area contributed by atoms with Gasteiger partial charge < -0.3 is 19.3 Å². The number of aromatic carboxylic acids is 1. The largest absolute Gasteiger partial charge is 0.494 e. The van der Waals surface area contributed by atoms with Gasteiger partial charge in [0.1, 0.15) is 11.5 Å². The van der Waals surface area contributed by atoms with E-state index in [0.29, 0.717) is 0 Å².